The number of amides is 1. The molecule has 1 aromatic carbocycles. The number of carbonyl (C=O) groups excluding carboxylic acids is 1. The lowest BCUT2D eigenvalue weighted by Gasteiger charge is -2.31. The van der Waals surface area contributed by atoms with Crippen molar-refractivity contribution in [2.24, 2.45) is 0 Å². The van der Waals surface area contributed by atoms with Crippen LogP contribution in [-0.4, -0.2) is 39.0 Å². The molecule has 0 bridgehead atoms. The summed E-state index contributed by atoms with van der Waals surface area (Å²) in [5, 5.41) is 9.00. The first-order valence-corrected chi connectivity index (χ1v) is 9.38. The maximum Gasteiger partial charge on any atom is 0.235 e. The summed E-state index contributed by atoms with van der Waals surface area (Å²) in [6.07, 6.45) is 5.76. The highest BCUT2D eigenvalue weighted by molar-refractivity contribution is 7.84. The summed E-state index contributed by atoms with van der Waals surface area (Å²) in [7, 11) is 0.650. The van der Waals surface area contributed by atoms with Gasteiger partial charge in [0.1, 0.15) is 5.75 Å². The highest BCUT2D eigenvalue weighted by Gasteiger charge is 2.23. The van der Waals surface area contributed by atoms with Crippen molar-refractivity contribution in [2.45, 2.75) is 50.5 Å². The summed E-state index contributed by atoms with van der Waals surface area (Å²) in [4.78, 5) is 14.0. The van der Waals surface area contributed by atoms with Crippen molar-refractivity contribution in [1.82, 2.24) is 4.90 Å². The van der Waals surface area contributed by atoms with Crippen molar-refractivity contribution in [3.63, 3.8) is 0 Å². The zero-order valence-electron chi connectivity index (χ0n) is 13.2. The molecule has 0 aromatic heterocycles. The van der Waals surface area contributed by atoms with Crippen molar-refractivity contribution in [2.75, 3.05) is 12.8 Å². The van der Waals surface area contributed by atoms with Gasteiger partial charge in [0, 0.05) is 29.6 Å². The van der Waals surface area contributed by atoms with Gasteiger partial charge in [-0.2, -0.15) is 0 Å². The van der Waals surface area contributed by atoms with Crippen LogP contribution in [0.1, 0.15) is 43.2 Å². The third-order valence-corrected chi connectivity index (χ3v) is 5.56. The lowest BCUT2D eigenvalue weighted by molar-refractivity contribution is -0.129. The zero-order valence-corrected chi connectivity index (χ0v) is 14.0. The van der Waals surface area contributed by atoms with Crippen LogP contribution < -0.4 is 0 Å². The smallest absolute Gasteiger partial charge is 0.235 e. The van der Waals surface area contributed by atoms with Gasteiger partial charge in [-0.1, -0.05) is 43.5 Å². The Bertz CT molecular complexity index is 509. The van der Waals surface area contributed by atoms with Crippen LogP contribution in [0.5, 0.6) is 0 Å². The second-order valence-electron chi connectivity index (χ2n) is 6.00. The second kappa shape index (κ2) is 8.44. The monoisotopic (exact) mass is 323 g/mol. The van der Waals surface area contributed by atoms with Crippen LogP contribution in [-0.2, 0) is 28.0 Å². The van der Waals surface area contributed by atoms with Crippen molar-refractivity contribution in [3.05, 3.63) is 35.4 Å². The Kier molecular flexibility index (Phi) is 6.58. The molecule has 1 aliphatic rings. The first-order valence-electron chi connectivity index (χ1n) is 7.89. The number of nitrogens with zero attached hydrogens (tertiary/aromatic N) is 1. The summed E-state index contributed by atoms with van der Waals surface area (Å²) >= 11 is 0. The van der Waals surface area contributed by atoms with Gasteiger partial charge in [0.15, 0.2) is 0 Å². The Labute approximate surface area is 135 Å². The molecule has 2 rings (SSSR count). The summed E-state index contributed by atoms with van der Waals surface area (Å²) in [6, 6.07) is 7.69. The molecule has 1 saturated carbocycles. The van der Waals surface area contributed by atoms with Crippen molar-refractivity contribution >= 4 is 16.7 Å². The minimum Gasteiger partial charge on any atom is -0.392 e. The van der Waals surface area contributed by atoms with Crippen molar-refractivity contribution < 1.29 is 14.1 Å². The molecule has 0 aliphatic heterocycles. The van der Waals surface area contributed by atoms with Crippen LogP contribution in [0.4, 0.5) is 0 Å². The highest BCUT2D eigenvalue weighted by Crippen LogP contribution is 2.21. The molecule has 0 radical (unpaired) electrons. The average molecular weight is 323 g/mol. The topological polar surface area (TPSA) is 57.6 Å². The molecular formula is C17H25NO3S. The standard InChI is InChI=1S/C17H25NO3S/c1-18(16-5-3-2-4-6-16)17(20)13-22(21)12-15-9-7-14(11-19)8-10-15/h7-10,16,19H,2-6,11-13H2,1H3. The number of carbonyl (C=O) groups is 1. The van der Waals surface area contributed by atoms with E-state index in [-0.39, 0.29) is 18.3 Å². The highest BCUT2D eigenvalue weighted by atomic mass is 32.2. The van der Waals surface area contributed by atoms with Gasteiger partial charge in [0.05, 0.1) is 6.61 Å². The molecule has 0 saturated heterocycles. The molecule has 0 spiro atoms. The van der Waals surface area contributed by atoms with Crippen LogP contribution in [0.2, 0.25) is 0 Å². The van der Waals surface area contributed by atoms with Crippen LogP contribution in [0.15, 0.2) is 24.3 Å². The number of benzene rings is 1. The molecule has 1 amide bonds. The van der Waals surface area contributed by atoms with E-state index in [1.54, 1.807) is 4.90 Å². The number of hydrogen-bond acceptors (Lipinski definition) is 3. The van der Waals surface area contributed by atoms with Gasteiger partial charge in [-0.05, 0) is 24.0 Å². The first kappa shape index (κ1) is 17.2. The normalized spacial score (nSPS) is 17.2. The Balaban J connectivity index is 1.83. The first-order chi connectivity index (χ1) is 10.6. The van der Waals surface area contributed by atoms with Crippen LogP contribution in [0.3, 0.4) is 0 Å². The van der Waals surface area contributed by atoms with Gasteiger partial charge in [-0.3, -0.25) is 9.00 Å². The summed E-state index contributed by atoms with van der Waals surface area (Å²) in [5.74, 6) is 0.460. The summed E-state index contributed by atoms with van der Waals surface area (Å²) in [5.41, 5.74) is 1.77. The molecule has 5 heteroatoms. The van der Waals surface area contributed by atoms with E-state index in [4.69, 9.17) is 5.11 Å². The van der Waals surface area contributed by atoms with Crippen LogP contribution >= 0.6 is 0 Å². The third-order valence-electron chi connectivity index (χ3n) is 4.33. The number of rotatable bonds is 6. The molecule has 1 fully saturated rings. The molecular weight excluding hydrogens is 298 g/mol. The third kappa shape index (κ3) is 4.92. The van der Waals surface area contributed by atoms with Gasteiger partial charge in [-0.15, -0.1) is 0 Å². The van der Waals surface area contributed by atoms with Crippen molar-refractivity contribution in [1.29, 1.82) is 0 Å². The number of hydrogen-bond donors (Lipinski definition) is 1. The maximum atomic E-state index is 12.2. The molecule has 1 N–H and O–H groups in total. The molecule has 22 heavy (non-hydrogen) atoms. The van der Waals surface area contributed by atoms with Gasteiger partial charge in [0.25, 0.3) is 0 Å². The molecule has 0 heterocycles. The van der Waals surface area contributed by atoms with E-state index in [0.29, 0.717) is 11.8 Å². The molecule has 1 unspecified atom stereocenters. The van der Waals surface area contributed by atoms with Gasteiger partial charge >= 0.3 is 0 Å². The van der Waals surface area contributed by atoms with Crippen LogP contribution in [0, 0.1) is 0 Å². The van der Waals surface area contributed by atoms with E-state index in [2.05, 4.69) is 0 Å². The predicted octanol–water partition coefficient (Wildman–Crippen LogP) is 2.22. The van der Waals surface area contributed by atoms with Gasteiger partial charge in [-0.25, -0.2) is 0 Å². The SMILES string of the molecule is CN(C(=O)CS(=O)Cc1ccc(CO)cc1)C1CCCCC1. The number of aliphatic hydroxyl groups is 1. The molecule has 122 valence electrons. The minimum absolute atomic E-state index is 0.00797. The fraction of sp³-hybridized carbons (Fsp3) is 0.588. The van der Waals surface area contributed by atoms with Crippen LogP contribution in [0.25, 0.3) is 0 Å². The average Bonchev–Trinajstić information content (AvgIpc) is 2.55. The summed E-state index contributed by atoms with van der Waals surface area (Å²) < 4.78 is 12.2. The zero-order chi connectivity index (χ0) is 15.9. The molecule has 4 nitrogen and oxygen atoms in total. The fourth-order valence-electron chi connectivity index (χ4n) is 2.89. The Morgan fingerprint density at radius 3 is 2.36 bits per heavy atom. The van der Waals surface area contributed by atoms with Gasteiger partial charge < -0.3 is 10.0 Å². The Hall–Kier alpha value is -1.20. The second-order valence-corrected chi connectivity index (χ2v) is 7.46. The van der Waals surface area contributed by atoms with E-state index < -0.39 is 10.8 Å². The van der Waals surface area contributed by atoms with Gasteiger partial charge in [0.2, 0.25) is 5.91 Å². The fourth-order valence-corrected chi connectivity index (χ4v) is 4.03. The van der Waals surface area contributed by atoms with Crippen molar-refractivity contribution in [3.8, 4) is 0 Å². The Morgan fingerprint density at radius 2 is 1.77 bits per heavy atom. The predicted molar refractivity (Wildman–Crippen MR) is 88.7 cm³/mol. The Morgan fingerprint density at radius 1 is 1.18 bits per heavy atom. The van der Waals surface area contributed by atoms with E-state index in [9.17, 15) is 9.00 Å². The van der Waals surface area contributed by atoms with E-state index in [1.165, 1.54) is 19.3 Å². The minimum atomic E-state index is -1.19. The molecule has 1 aliphatic carbocycles. The largest absolute Gasteiger partial charge is 0.392 e. The number of aliphatic hydroxyl groups excluding tert-OH is 1. The lowest BCUT2D eigenvalue weighted by atomic mass is 9.94. The van der Waals surface area contributed by atoms with E-state index in [1.807, 2.05) is 31.3 Å². The molecule has 1 atom stereocenters. The molecule has 1 aromatic rings. The van der Waals surface area contributed by atoms with E-state index in [0.717, 1.165) is 24.0 Å². The van der Waals surface area contributed by atoms with E-state index >= 15 is 0 Å². The quantitative estimate of drug-likeness (QED) is 0.873. The lowest BCUT2D eigenvalue weighted by Crippen LogP contribution is -2.40. The maximum absolute atomic E-state index is 12.2. The summed E-state index contributed by atoms with van der Waals surface area (Å²) in [6.45, 7) is 0.00797.